The second-order valence-electron chi connectivity index (χ2n) is 4.52. The normalized spacial score (nSPS) is 25.4. The molecule has 1 aromatic rings. The Morgan fingerprint density at radius 1 is 1.44 bits per heavy atom. The van der Waals surface area contributed by atoms with Crippen LogP contribution in [-0.2, 0) is 0 Å². The van der Waals surface area contributed by atoms with Gasteiger partial charge in [0.25, 0.3) is 5.91 Å². The summed E-state index contributed by atoms with van der Waals surface area (Å²) in [4.78, 5) is 11.8. The molecule has 0 unspecified atom stereocenters. The molecule has 1 aromatic heterocycles. The van der Waals surface area contributed by atoms with Crippen molar-refractivity contribution in [1.29, 1.82) is 0 Å². The van der Waals surface area contributed by atoms with Crippen molar-refractivity contribution in [2.24, 2.45) is 5.73 Å². The molecule has 1 aliphatic rings. The highest BCUT2D eigenvalue weighted by Gasteiger charge is 2.22. The van der Waals surface area contributed by atoms with E-state index in [-0.39, 0.29) is 11.9 Å². The Balaban J connectivity index is 1.91. The summed E-state index contributed by atoms with van der Waals surface area (Å²) in [5, 5.41) is 2.99. The van der Waals surface area contributed by atoms with Crippen LogP contribution >= 0.6 is 0 Å². The predicted octanol–water partition coefficient (Wildman–Crippen LogP) is 1.59. The molecule has 0 aromatic carbocycles. The van der Waals surface area contributed by atoms with Gasteiger partial charge in [0.15, 0.2) is 5.76 Å². The van der Waals surface area contributed by atoms with Crippen LogP contribution in [0.15, 0.2) is 16.7 Å². The summed E-state index contributed by atoms with van der Waals surface area (Å²) >= 11 is 0. The second-order valence-corrected chi connectivity index (χ2v) is 4.52. The SMILES string of the molecule is Cc1ccoc1C(=O)NC1CCC(N)CC1. The van der Waals surface area contributed by atoms with Crippen LogP contribution in [0.25, 0.3) is 0 Å². The number of nitrogens with two attached hydrogens (primary N) is 1. The zero-order chi connectivity index (χ0) is 11.5. The number of nitrogens with one attached hydrogen (secondary N) is 1. The Hall–Kier alpha value is -1.29. The standard InChI is InChI=1S/C12H18N2O2/c1-8-6-7-16-11(8)12(15)14-10-4-2-9(13)3-5-10/h6-7,9-10H,2-5,13H2,1H3,(H,14,15). The van der Waals surface area contributed by atoms with Crippen LogP contribution in [0, 0.1) is 6.92 Å². The Morgan fingerprint density at radius 3 is 2.69 bits per heavy atom. The summed E-state index contributed by atoms with van der Waals surface area (Å²) in [6, 6.07) is 2.35. The highest BCUT2D eigenvalue weighted by atomic mass is 16.3. The third kappa shape index (κ3) is 2.44. The van der Waals surface area contributed by atoms with Crippen LogP contribution in [-0.4, -0.2) is 18.0 Å². The molecular formula is C12H18N2O2. The van der Waals surface area contributed by atoms with E-state index in [0.717, 1.165) is 31.2 Å². The number of aryl methyl sites for hydroxylation is 1. The van der Waals surface area contributed by atoms with E-state index in [1.54, 1.807) is 12.3 Å². The van der Waals surface area contributed by atoms with Crippen LogP contribution in [0.5, 0.6) is 0 Å². The maximum Gasteiger partial charge on any atom is 0.287 e. The first-order valence-electron chi connectivity index (χ1n) is 5.77. The van der Waals surface area contributed by atoms with Crippen LogP contribution in [0.3, 0.4) is 0 Å². The number of furan rings is 1. The van der Waals surface area contributed by atoms with Gasteiger partial charge in [0.05, 0.1) is 6.26 Å². The second kappa shape index (κ2) is 4.70. The number of rotatable bonds is 2. The zero-order valence-corrected chi connectivity index (χ0v) is 9.53. The minimum atomic E-state index is -0.108. The van der Waals surface area contributed by atoms with Crippen molar-refractivity contribution >= 4 is 5.91 Å². The topological polar surface area (TPSA) is 68.3 Å². The van der Waals surface area contributed by atoms with Crippen LogP contribution in [0.1, 0.15) is 41.8 Å². The fraction of sp³-hybridized carbons (Fsp3) is 0.583. The van der Waals surface area contributed by atoms with Gasteiger partial charge in [-0.05, 0) is 38.7 Å². The van der Waals surface area contributed by atoms with E-state index in [4.69, 9.17) is 10.2 Å². The van der Waals surface area contributed by atoms with Crippen LogP contribution in [0.4, 0.5) is 0 Å². The predicted molar refractivity (Wildman–Crippen MR) is 61.1 cm³/mol. The van der Waals surface area contributed by atoms with Gasteiger partial charge >= 0.3 is 0 Å². The Labute approximate surface area is 95.2 Å². The maximum atomic E-state index is 11.8. The molecule has 0 aliphatic heterocycles. The molecule has 0 spiro atoms. The minimum Gasteiger partial charge on any atom is -0.459 e. The van der Waals surface area contributed by atoms with Crippen molar-refractivity contribution in [1.82, 2.24) is 5.32 Å². The smallest absolute Gasteiger partial charge is 0.287 e. The van der Waals surface area contributed by atoms with Gasteiger partial charge in [-0.3, -0.25) is 4.79 Å². The van der Waals surface area contributed by atoms with Crippen molar-refractivity contribution in [3.8, 4) is 0 Å². The molecule has 1 aliphatic carbocycles. The van der Waals surface area contributed by atoms with Gasteiger partial charge in [0.2, 0.25) is 0 Å². The maximum absolute atomic E-state index is 11.8. The van der Waals surface area contributed by atoms with Gasteiger partial charge in [-0.2, -0.15) is 0 Å². The highest BCUT2D eigenvalue weighted by Crippen LogP contribution is 2.18. The van der Waals surface area contributed by atoms with Crippen molar-refractivity contribution in [2.45, 2.75) is 44.7 Å². The molecule has 2 rings (SSSR count). The summed E-state index contributed by atoms with van der Waals surface area (Å²) in [5.41, 5.74) is 6.69. The first-order chi connectivity index (χ1) is 7.66. The molecule has 4 nitrogen and oxygen atoms in total. The van der Waals surface area contributed by atoms with E-state index in [1.165, 1.54) is 0 Å². The fourth-order valence-corrected chi connectivity index (χ4v) is 2.12. The first-order valence-corrected chi connectivity index (χ1v) is 5.77. The molecular weight excluding hydrogens is 204 g/mol. The number of amides is 1. The molecule has 0 radical (unpaired) electrons. The lowest BCUT2D eigenvalue weighted by atomic mass is 9.92. The van der Waals surface area contributed by atoms with Crippen LogP contribution in [0.2, 0.25) is 0 Å². The monoisotopic (exact) mass is 222 g/mol. The lowest BCUT2D eigenvalue weighted by molar-refractivity contribution is 0.0897. The number of hydrogen-bond acceptors (Lipinski definition) is 3. The molecule has 0 saturated heterocycles. The highest BCUT2D eigenvalue weighted by molar-refractivity contribution is 5.92. The van der Waals surface area contributed by atoms with Crippen LogP contribution < -0.4 is 11.1 Å². The summed E-state index contributed by atoms with van der Waals surface area (Å²) < 4.78 is 5.15. The molecule has 16 heavy (non-hydrogen) atoms. The molecule has 1 fully saturated rings. The molecule has 4 heteroatoms. The van der Waals surface area contributed by atoms with Crippen molar-refractivity contribution < 1.29 is 9.21 Å². The average Bonchev–Trinajstić information content (AvgIpc) is 2.68. The summed E-state index contributed by atoms with van der Waals surface area (Å²) in [7, 11) is 0. The quantitative estimate of drug-likeness (QED) is 0.798. The van der Waals surface area contributed by atoms with E-state index in [0.29, 0.717) is 11.8 Å². The lowest BCUT2D eigenvalue weighted by Crippen LogP contribution is -2.40. The van der Waals surface area contributed by atoms with Gasteiger partial charge in [-0.1, -0.05) is 0 Å². The average molecular weight is 222 g/mol. The molecule has 0 atom stereocenters. The van der Waals surface area contributed by atoms with Crippen molar-refractivity contribution in [3.63, 3.8) is 0 Å². The Kier molecular flexibility index (Phi) is 3.29. The zero-order valence-electron chi connectivity index (χ0n) is 9.53. The molecule has 88 valence electrons. The number of carbonyl (C=O) groups excluding carboxylic acids is 1. The van der Waals surface area contributed by atoms with E-state index in [2.05, 4.69) is 5.32 Å². The largest absolute Gasteiger partial charge is 0.459 e. The lowest BCUT2D eigenvalue weighted by Gasteiger charge is -2.26. The molecule has 1 saturated carbocycles. The number of hydrogen-bond donors (Lipinski definition) is 2. The van der Waals surface area contributed by atoms with Crippen molar-refractivity contribution in [3.05, 3.63) is 23.7 Å². The molecule has 1 heterocycles. The van der Waals surface area contributed by atoms with Gasteiger partial charge in [-0.25, -0.2) is 0 Å². The molecule has 0 bridgehead atoms. The Morgan fingerprint density at radius 2 is 2.12 bits per heavy atom. The summed E-state index contributed by atoms with van der Waals surface area (Å²) in [6.07, 6.45) is 5.45. The minimum absolute atomic E-state index is 0.108. The van der Waals surface area contributed by atoms with Gasteiger partial charge < -0.3 is 15.5 Å². The van der Waals surface area contributed by atoms with Crippen molar-refractivity contribution in [2.75, 3.05) is 0 Å². The van der Waals surface area contributed by atoms with Gasteiger partial charge in [0.1, 0.15) is 0 Å². The third-order valence-corrected chi connectivity index (χ3v) is 3.18. The van der Waals surface area contributed by atoms with Gasteiger partial charge in [-0.15, -0.1) is 0 Å². The number of carbonyl (C=O) groups is 1. The Bertz CT molecular complexity index is 365. The van der Waals surface area contributed by atoms with E-state index < -0.39 is 0 Å². The fourth-order valence-electron chi connectivity index (χ4n) is 2.12. The first kappa shape index (κ1) is 11.2. The molecule has 1 amide bonds. The third-order valence-electron chi connectivity index (χ3n) is 3.18. The van der Waals surface area contributed by atoms with E-state index >= 15 is 0 Å². The summed E-state index contributed by atoms with van der Waals surface area (Å²) in [5.74, 6) is 0.317. The van der Waals surface area contributed by atoms with Gasteiger partial charge in [0, 0.05) is 17.6 Å². The summed E-state index contributed by atoms with van der Waals surface area (Å²) in [6.45, 7) is 1.87. The van der Waals surface area contributed by atoms with E-state index in [1.807, 2.05) is 6.92 Å². The van der Waals surface area contributed by atoms with E-state index in [9.17, 15) is 4.79 Å². The molecule has 3 N–H and O–H groups in total.